The smallest absolute Gasteiger partial charge is 0.336 e. The summed E-state index contributed by atoms with van der Waals surface area (Å²) in [6, 6.07) is 8.87. The molecule has 0 spiro atoms. The molecule has 3 heterocycles. The topological polar surface area (TPSA) is 73.0 Å². The highest BCUT2D eigenvalue weighted by Gasteiger charge is 2.36. The van der Waals surface area contributed by atoms with Gasteiger partial charge in [-0.1, -0.05) is 23.7 Å². The number of halogens is 4. The molecular weight excluding hydrogens is 515 g/mol. The third kappa shape index (κ3) is 4.63. The van der Waals surface area contributed by atoms with E-state index in [0.717, 1.165) is 28.4 Å². The van der Waals surface area contributed by atoms with E-state index < -0.39 is 17.6 Å². The van der Waals surface area contributed by atoms with E-state index in [-0.39, 0.29) is 33.8 Å². The Morgan fingerprint density at radius 3 is 2.61 bits per heavy atom. The number of benzene rings is 2. The molecule has 0 atom stereocenters. The van der Waals surface area contributed by atoms with E-state index in [2.05, 4.69) is 10.1 Å². The van der Waals surface area contributed by atoms with Gasteiger partial charge in [0.25, 0.3) is 11.1 Å². The molecule has 12 heteroatoms. The van der Waals surface area contributed by atoms with E-state index >= 15 is 0 Å². The molecular formula is C24H17ClF3N5O2S. The van der Waals surface area contributed by atoms with Crippen LogP contribution in [0.5, 0.6) is 0 Å². The molecule has 1 aliphatic heterocycles. The van der Waals surface area contributed by atoms with Gasteiger partial charge < -0.3 is 4.57 Å². The number of fused-ring (bicyclic) bond motifs is 1. The van der Waals surface area contributed by atoms with Crippen LogP contribution < -0.4 is 0 Å². The molecule has 1 saturated heterocycles. The molecule has 1 fully saturated rings. The summed E-state index contributed by atoms with van der Waals surface area (Å²) in [6.45, 7) is 0.0245. The van der Waals surface area contributed by atoms with Crippen molar-refractivity contribution < 1.29 is 22.8 Å². The molecule has 2 aromatic carbocycles. The van der Waals surface area contributed by atoms with Crippen LogP contribution in [0.4, 0.5) is 18.0 Å². The first-order valence-electron chi connectivity index (χ1n) is 10.6. The van der Waals surface area contributed by atoms with Crippen molar-refractivity contribution in [3.05, 3.63) is 87.4 Å². The van der Waals surface area contributed by atoms with Crippen LogP contribution in [0.25, 0.3) is 17.0 Å². The molecule has 2 aromatic heterocycles. The number of carbonyl (C=O) groups excluding carboxylic acids is 2. The molecule has 0 bridgehead atoms. The highest BCUT2D eigenvalue weighted by molar-refractivity contribution is 8.18. The summed E-state index contributed by atoms with van der Waals surface area (Å²) in [5.41, 5.74) is 1.25. The van der Waals surface area contributed by atoms with Gasteiger partial charge in [0.15, 0.2) is 0 Å². The predicted molar refractivity (Wildman–Crippen MR) is 130 cm³/mol. The fourth-order valence-corrected chi connectivity index (χ4v) is 4.93. The SMILES string of the molecule is Cn1cncc1CN1C(=O)SC(=Cc2ccc3c(cnn3Cc3ccc(Cl)cc3C(F)(F)F)c2)C1=O. The summed E-state index contributed by atoms with van der Waals surface area (Å²) in [7, 11) is 1.78. The van der Waals surface area contributed by atoms with Crippen molar-refractivity contribution >= 4 is 51.5 Å². The quantitative estimate of drug-likeness (QED) is 0.308. The maximum Gasteiger partial charge on any atom is 0.416 e. The summed E-state index contributed by atoms with van der Waals surface area (Å²) in [6.07, 6.45) is 1.81. The van der Waals surface area contributed by atoms with Gasteiger partial charge in [0.1, 0.15) is 0 Å². The lowest BCUT2D eigenvalue weighted by Crippen LogP contribution is -2.28. The Hall–Kier alpha value is -3.57. The second-order valence-electron chi connectivity index (χ2n) is 8.18. The molecule has 2 amide bonds. The van der Waals surface area contributed by atoms with Gasteiger partial charge in [-0.15, -0.1) is 0 Å². The molecule has 4 aromatic rings. The zero-order chi connectivity index (χ0) is 25.6. The Morgan fingerprint density at radius 2 is 1.89 bits per heavy atom. The lowest BCUT2D eigenvalue weighted by molar-refractivity contribution is -0.138. The van der Waals surface area contributed by atoms with Crippen LogP contribution in [0.3, 0.4) is 0 Å². The zero-order valence-corrected chi connectivity index (χ0v) is 20.2. The van der Waals surface area contributed by atoms with E-state index in [4.69, 9.17) is 11.6 Å². The van der Waals surface area contributed by atoms with Crippen LogP contribution >= 0.6 is 23.4 Å². The molecule has 184 valence electrons. The fraction of sp³-hybridized carbons (Fsp3) is 0.167. The van der Waals surface area contributed by atoms with Crippen molar-refractivity contribution in [3.63, 3.8) is 0 Å². The minimum Gasteiger partial charge on any atom is -0.336 e. The number of thioether (sulfide) groups is 1. The molecule has 5 rings (SSSR count). The molecule has 0 radical (unpaired) electrons. The van der Waals surface area contributed by atoms with Crippen LogP contribution in [0.1, 0.15) is 22.4 Å². The van der Waals surface area contributed by atoms with Gasteiger partial charge in [-0.2, -0.15) is 18.3 Å². The minimum atomic E-state index is -4.55. The number of hydrogen-bond acceptors (Lipinski definition) is 5. The first-order valence-corrected chi connectivity index (χ1v) is 11.8. The number of nitrogens with zero attached hydrogens (tertiary/aromatic N) is 5. The highest BCUT2D eigenvalue weighted by Crippen LogP contribution is 2.35. The predicted octanol–water partition coefficient (Wildman–Crippen LogP) is 5.73. The van der Waals surface area contributed by atoms with Crippen LogP contribution in [0.15, 0.2) is 60.0 Å². The standard InChI is InChI=1S/C24H17ClF3N5O2S/c1-31-13-29-10-18(31)12-32-22(34)21(36-23(32)35)7-14-2-5-20-16(6-14)9-30-33(20)11-15-3-4-17(25)8-19(15)24(26,27)28/h2-10,13H,11-12H2,1H3. The number of aromatic nitrogens is 4. The normalized spacial score (nSPS) is 15.6. The molecule has 0 aliphatic carbocycles. The van der Waals surface area contributed by atoms with Crippen molar-refractivity contribution in [2.45, 2.75) is 19.3 Å². The number of amides is 2. The van der Waals surface area contributed by atoms with Crippen LogP contribution in [0.2, 0.25) is 5.02 Å². The number of imidazole rings is 1. The molecule has 7 nitrogen and oxygen atoms in total. The molecule has 0 N–H and O–H groups in total. The Balaban J connectivity index is 1.39. The van der Waals surface area contributed by atoms with E-state index in [1.165, 1.54) is 16.8 Å². The van der Waals surface area contributed by atoms with E-state index in [9.17, 15) is 22.8 Å². The van der Waals surface area contributed by atoms with Gasteiger partial charge in [-0.25, -0.2) is 4.98 Å². The zero-order valence-electron chi connectivity index (χ0n) is 18.7. The third-order valence-corrected chi connectivity index (χ3v) is 6.91. The fourth-order valence-electron chi connectivity index (χ4n) is 3.92. The molecule has 0 saturated carbocycles. The average Bonchev–Trinajstić information content (AvgIpc) is 3.48. The Kier molecular flexibility index (Phi) is 6.13. The van der Waals surface area contributed by atoms with Crippen molar-refractivity contribution in [1.29, 1.82) is 0 Å². The van der Waals surface area contributed by atoms with Gasteiger partial charge >= 0.3 is 6.18 Å². The first-order chi connectivity index (χ1) is 17.1. The lowest BCUT2D eigenvalue weighted by atomic mass is 10.1. The number of aryl methyl sites for hydroxylation is 1. The minimum absolute atomic E-state index is 0.00535. The monoisotopic (exact) mass is 531 g/mol. The molecule has 1 aliphatic rings. The van der Waals surface area contributed by atoms with Gasteiger partial charge in [-0.3, -0.25) is 19.2 Å². The first kappa shape index (κ1) is 24.1. The van der Waals surface area contributed by atoms with E-state index in [1.54, 1.807) is 54.6 Å². The number of carbonyl (C=O) groups is 2. The second-order valence-corrected chi connectivity index (χ2v) is 9.61. The van der Waals surface area contributed by atoms with Gasteiger partial charge in [0, 0.05) is 23.7 Å². The summed E-state index contributed by atoms with van der Waals surface area (Å²) >= 11 is 6.63. The third-order valence-electron chi connectivity index (χ3n) is 5.77. The van der Waals surface area contributed by atoms with Gasteiger partial charge in [0.2, 0.25) is 0 Å². The van der Waals surface area contributed by atoms with Crippen LogP contribution in [0, 0.1) is 0 Å². The largest absolute Gasteiger partial charge is 0.416 e. The summed E-state index contributed by atoms with van der Waals surface area (Å²) in [5, 5.41) is 4.57. The Morgan fingerprint density at radius 1 is 1.08 bits per heavy atom. The van der Waals surface area contributed by atoms with Crippen molar-refractivity contribution in [2.75, 3.05) is 0 Å². The van der Waals surface area contributed by atoms with Gasteiger partial charge in [-0.05, 0) is 53.2 Å². The molecule has 0 unspecified atom stereocenters. The van der Waals surface area contributed by atoms with E-state index in [0.29, 0.717) is 16.5 Å². The number of hydrogen-bond donors (Lipinski definition) is 0. The average molecular weight is 532 g/mol. The summed E-state index contributed by atoms with van der Waals surface area (Å²) < 4.78 is 43.6. The number of rotatable bonds is 5. The second kappa shape index (κ2) is 9.14. The molecule has 36 heavy (non-hydrogen) atoms. The van der Waals surface area contributed by atoms with Crippen LogP contribution in [-0.2, 0) is 31.1 Å². The Bertz CT molecular complexity index is 1540. The Labute approximate surface area is 212 Å². The number of imide groups is 1. The highest BCUT2D eigenvalue weighted by atomic mass is 35.5. The maximum atomic E-state index is 13.5. The lowest BCUT2D eigenvalue weighted by Gasteiger charge is -2.14. The van der Waals surface area contributed by atoms with Crippen molar-refractivity contribution in [1.82, 2.24) is 24.2 Å². The summed E-state index contributed by atoms with van der Waals surface area (Å²) in [5.74, 6) is -0.399. The van der Waals surface area contributed by atoms with E-state index in [1.807, 2.05) is 0 Å². The summed E-state index contributed by atoms with van der Waals surface area (Å²) in [4.78, 5) is 30.7. The van der Waals surface area contributed by atoms with Crippen molar-refractivity contribution in [2.24, 2.45) is 7.05 Å². The number of alkyl halides is 3. The van der Waals surface area contributed by atoms with Crippen molar-refractivity contribution in [3.8, 4) is 0 Å². The maximum absolute atomic E-state index is 13.5. The van der Waals surface area contributed by atoms with Crippen LogP contribution in [-0.4, -0.2) is 35.4 Å². The van der Waals surface area contributed by atoms with Gasteiger partial charge in [0.05, 0.1) is 47.3 Å².